The van der Waals surface area contributed by atoms with E-state index in [9.17, 15) is 8.42 Å². The number of nitrogens with two attached hydrogens (primary N) is 2. The number of sulfone groups is 1. The monoisotopic (exact) mass is 344 g/mol. The van der Waals surface area contributed by atoms with Crippen LogP contribution in [0.2, 0.25) is 0 Å². The van der Waals surface area contributed by atoms with E-state index in [0.717, 1.165) is 5.56 Å². The Labute approximate surface area is 142 Å². The van der Waals surface area contributed by atoms with Gasteiger partial charge in [-0.05, 0) is 38.5 Å². The highest BCUT2D eigenvalue weighted by molar-refractivity contribution is 7.90. The topological polar surface area (TPSA) is 112 Å². The number of hydrogen-bond donors (Lipinski definition) is 2. The number of nitrogen functional groups attached to an aromatic ring is 2. The van der Waals surface area contributed by atoms with Gasteiger partial charge in [-0.1, -0.05) is 24.0 Å². The zero-order valence-electron chi connectivity index (χ0n) is 14.1. The van der Waals surface area contributed by atoms with Gasteiger partial charge in [0.2, 0.25) is 5.95 Å². The largest absolute Gasteiger partial charge is 0.382 e. The fourth-order valence-corrected chi connectivity index (χ4v) is 2.81. The van der Waals surface area contributed by atoms with E-state index in [1.807, 2.05) is 13.8 Å². The summed E-state index contributed by atoms with van der Waals surface area (Å²) in [7, 11) is -3.22. The van der Waals surface area contributed by atoms with Gasteiger partial charge in [-0.25, -0.2) is 13.4 Å². The first-order valence-corrected chi connectivity index (χ1v) is 9.13. The van der Waals surface area contributed by atoms with Crippen molar-refractivity contribution in [1.29, 1.82) is 0 Å². The average molecular weight is 344 g/mol. The van der Waals surface area contributed by atoms with E-state index < -0.39 is 15.3 Å². The van der Waals surface area contributed by atoms with Crippen molar-refractivity contribution in [3.63, 3.8) is 0 Å². The lowest BCUT2D eigenvalue weighted by atomic mass is 9.85. The molecule has 0 aliphatic carbocycles. The second-order valence-electron chi connectivity index (χ2n) is 6.10. The molecule has 0 radical (unpaired) electrons. The molecular formula is C17H20N4O2S. The standard InChI is InChI=1S/C17H20N4O2S/c1-11-14(15(18)21-16(19)20-11)9-10-17(2,3)12-5-7-13(8-6-12)24(4,22)23/h5-8H,1-4H3,(H4,18,19,20,21). The first-order valence-electron chi connectivity index (χ1n) is 7.24. The van der Waals surface area contributed by atoms with E-state index in [1.54, 1.807) is 31.2 Å². The van der Waals surface area contributed by atoms with Gasteiger partial charge >= 0.3 is 0 Å². The van der Waals surface area contributed by atoms with Crippen molar-refractivity contribution in [2.75, 3.05) is 17.7 Å². The van der Waals surface area contributed by atoms with Crippen LogP contribution >= 0.6 is 0 Å². The third kappa shape index (κ3) is 3.84. The zero-order chi connectivity index (χ0) is 18.1. The normalized spacial score (nSPS) is 11.7. The molecule has 4 N–H and O–H groups in total. The van der Waals surface area contributed by atoms with E-state index in [1.165, 1.54) is 6.26 Å². The maximum Gasteiger partial charge on any atom is 0.222 e. The molecule has 1 heterocycles. The van der Waals surface area contributed by atoms with Crippen molar-refractivity contribution < 1.29 is 8.42 Å². The molecule has 1 aromatic heterocycles. The molecule has 0 fully saturated rings. The minimum Gasteiger partial charge on any atom is -0.382 e. The van der Waals surface area contributed by atoms with Gasteiger partial charge in [-0.15, -0.1) is 0 Å². The molecule has 2 rings (SSSR count). The lowest BCUT2D eigenvalue weighted by Gasteiger charge is -2.18. The molecular weight excluding hydrogens is 324 g/mol. The minimum atomic E-state index is -3.22. The Bertz CT molecular complexity index is 914. The summed E-state index contributed by atoms with van der Waals surface area (Å²) >= 11 is 0. The van der Waals surface area contributed by atoms with Gasteiger partial charge in [0.25, 0.3) is 0 Å². The van der Waals surface area contributed by atoms with E-state index in [-0.39, 0.29) is 16.7 Å². The summed E-state index contributed by atoms with van der Waals surface area (Å²) in [6, 6.07) is 6.70. The van der Waals surface area contributed by atoms with Gasteiger partial charge in [-0.2, -0.15) is 4.98 Å². The Hall–Kier alpha value is -2.59. The van der Waals surface area contributed by atoms with Crippen LogP contribution in [0.1, 0.15) is 30.7 Å². The fraction of sp³-hybridized carbons (Fsp3) is 0.294. The number of hydrogen-bond acceptors (Lipinski definition) is 6. The van der Waals surface area contributed by atoms with Gasteiger partial charge in [0.1, 0.15) is 5.82 Å². The van der Waals surface area contributed by atoms with Gasteiger partial charge in [-0.3, -0.25) is 0 Å². The molecule has 0 amide bonds. The third-order valence-corrected chi connectivity index (χ3v) is 4.77. The Morgan fingerprint density at radius 2 is 1.67 bits per heavy atom. The predicted octanol–water partition coefficient (Wildman–Crippen LogP) is 1.68. The Morgan fingerprint density at radius 1 is 1.08 bits per heavy atom. The zero-order valence-corrected chi connectivity index (χ0v) is 14.9. The van der Waals surface area contributed by atoms with Crippen LogP contribution in [0, 0.1) is 18.8 Å². The number of anilines is 2. The van der Waals surface area contributed by atoms with Crippen LogP contribution in [0.15, 0.2) is 29.2 Å². The molecule has 2 aromatic rings. The van der Waals surface area contributed by atoms with Crippen LogP contribution in [-0.2, 0) is 15.3 Å². The molecule has 0 saturated carbocycles. The molecule has 0 spiro atoms. The molecule has 0 bridgehead atoms. The second kappa shape index (κ2) is 6.13. The molecule has 0 aliphatic heterocycles. The van der Waals surface area contributed by atoms with Gasteiger partial charge in [0.15, 0.2) is 9.84 Å². The summed E-state index contributed by atoms with van der Waals surface area (Å²) in [4.78, 5) is 8.27. The lowest BCUT2D eigenvalue weighted by Crippen LogP contribution is -2.15. The van der Waals surface area contributed by atoms with Crippen molar-refractivity contribution in [3.8, 4) is 11.8 Å². The van der Waals surface area contributed by atoms with Crippen molar-refractivity contribution >= 4 is 21.6 Å². The number of rotatable bonds is 2. The fourth-order valence-electron chi connectivity index (χ4n) is 2.18. The van der Waals surface area contributed by atoms with Crippen LogP contribution in [-0.4, -0.2) is 24.6 Å². The molecule has 0 aliphatic rings. The maximum absolute atomic E-state index is 11.5. The lowest BCUT2D eigenvalue weighted by molar-refractivity contribution is 0.601. The van der Waals surface area contributed by atoms with Gasteiger partial charge in [0, 0.05) is 6.26 Å². The van der Waals surface area contributed by atoms with Gasteiger partial charge in [0.05, 0.1) is 21.6 Å². The average Bonchev–Trinajstić information content (AvgIpc) is 2.45. The van der Waals surface area contributed by atoms with Crippen LogP contribution < -0.4 is 11.5 Å². The summed E-state index contributed by atoms with van der Waals surface area (Å²) in [5.41, 5.74) is 13.0. The smallest absolute Gasteiger partial charge is 0.222 e. The van der Waals surface area contributed by atoms with E-state index in [0.29, 0.717) is 11.3 Å². The summed E-state index contributed by atoms with van der Waals surface area (Å²) in [5.74, 6) is 6.53. The number of benzene rings is 1. The van der Waals surface area contributed by atoms with Crippen molar-refractivity contribution in [1.82, 2.24) is 9.97 Å². The van der Waals surface area contributed by atoms with Gasteiger partial charge < -0.3 is 11.5 Å². The first-order chi connectivity index (χ1) is 11.0. The highest BCUT2D eigenvalue weighted by atomic mass is 32.2. The maximum atomic E-state index is 11.5. The highest BCUT2D eigenvalue weighted by Gasteiger charge is 2.19. The number of aromatic nitrogens is 2. The van der Waals surface area contributed by atoms with Crippen LogP contribution in [0.5, 0.6) is 0 Å². The molecule has 0 atom stereocenters. The molecule has 0 unspecified atom stereocenters. The molecule has 1 aromatic carbocycles. The van der Waals surface area contributed by atoms with Crippen LogP contribution in [0.4, 0.5) is 11.8 Å². The van der Waals surface area contributed by atoms with Crippen LogP contribution in [0.25, 0.3) is 0 Å². The van der Waals surface area contributed by atoms with Crippen molar-refractivity contribution in [3.05, 3.63) is 41.1 Å². The Balaban J connectivity index is 2.40. The molecule has 126 valence electrons. The minimum absolute atomic E-state index is 0.117. The number of aryl methyl sites for hydroxylation is 1. The van der Waals surface area contributed by atoms with Crippen molar-refractivity contribution in [2.24, 2.45) is 0 Å². The summed E-state index contributed by atoms with van der Waals surface area (Å²) in [6.45, 7) is 5.66. The van der Waals surface area contributed by atoms with E-state index >= 15 is 0 Å². The third-order valence-electron chi connectivity index (χ3n) is 3.64. The van der Waals surface area contributed by atoms with E-state index in [2.05, 4.69) is 21.8 Å². The second-order valence-corrected chi connectivity index (χ2v) is 8.11. The van der Waals surface area contributed by atoms with E-state index in [4.69, 9.17) is 11.5 Å². The molecule has 24 heavy (non-hydrogen) atoms. The Kier molecular flexibility index (Phi) is 4.54. The highest BCUT2D eigenvalue weighted by Crippen LogP contribution is 2.24. The summed E-state index contributed by atoms with van der Waals surface area (Å²) < 4.78 is 23.1. The molecule has 6 nitrogen and oxygen atoms in total. The first kappa shape index (κ1) is 17.8. The summed E-state index contributed by atoms with van der Waals surface area (Å²) in [6.07, 6.45) is 1.18. The SMILES string of the molecule is Cc1nc(N)nc(N)c1C#CC(C)(C)c1ccc(S(C)(=O)=O)cc1. The summed E-state index contributed by atoms with van der Waals surface area (Å²) in [5, 5.41) is 0. The van der Waals surface area contributed by atoms with Crippen molar-refractivity contribution in [2.45, 2.75) is 31.1 Å². The predicted molar refractivity (Wildman–Crippen MR) is 95.0 cm³/mol. The quantitative estimate of drug-likeness (QED) is 0.802. The molecule has 7 heteroatoms. The Morgan fingerprint density at radius 3 is 2.17 bits per heavy atom. The van der Waals surface area contributed by atoms with Crippen LogP contribution in [0.3, 0.4) is 0 Å². The molecule has 0 saturated heterocycles. The number of nitrogens with zero attached hydrogens (tertiary/aromatic N) is 2.